The van der Waals surface area contributed by atoms with Gasteiger partial charge in [0.05, 0.1) is 0 Å². The van der Waals surface area contributed by atoms with Crippen LogP contribution < -0.4 is 11.1 Å². The Morgan fingerprint density at radius 1 is 1.33 bits per heavy atom. The van der Waals surface area contributed by atoms with E-state index in [1.807, 2.05) is 0 Å². The van der Waals surface area contributed by atoms with Gasteiger partial charge in [-0.05, 0) is 12.1 Å². The van der Waals surface area contributed by atoms with E-state index in [1.165, 1.54) is 0 Å². The summed E-state index contributed by atoms with van der Waals surface area (Å²) in [6, 6.07) is 2.15. The van der Waals surface area contributed by atoms with E-state index in [0.717, 1.165) is 12.1 Å². The number of nitrogens with zero attached hydrogens (tertiary/aromatic N) is 3. The first kappa shape index (κ1) is 12.3. The van der Waals surface area contributed by atoms with Crippen LogP contribution in [0.1, 0.15) is 5.82 Å². The maximum atomic E-state index is 13.4. The molecule has 96 valence electrons. The number of anilines is 2. The standard InChI is InChI=1S/C11H13F2N5/c1-18-6-16-10(17-18)2-3-15-11-8(12)4-7(14)5-9(11)13/h4-6,15H,2-3,14H2,1H3. The maximum absolute atomic E-state index is 13.4. The van der Waals surface area contributed by atoms with Gasteiger partial charge in [-0.1, -0.05) is 0 Å². The number of benzene rings is 1. The SMILES string of the molecule is Cn1cnc(CCNc2c(F)cc(N)cc2F)n1. The van der Waals surface area contributed by atoms with Crippen LogP contribution in [0.3, 0.4) is 0 Å². The minimum Gasteiger partial charge on any atom is -0.399 e. The molecule has 7 heteroatoms. The molecule has 1 heterocycles. The highest BCUT2D eigenvalue weighted by Gasteiger charge is 2.10. The summed E-state index contributed by atoms with van der Waals surface area (Å²) in [6.45, 7) is 0.335. The van der Waals surface area contributed by atoms with Crippen LogP contribution in [-0.4, -0.2) is 21.3 Å². The number of halogens is 2. The van der Waals surface area contributed by atoms with Crippen LogP contribution in [0.25, 0.3) is 0 Å². The Morgan fingerprint density at radius 3 is 2.56 bits per heavy atom. The summed E-state index contributed by atoms with van der Waals surface area (Å²) < 4.78 is 28.4. The van der Waals surface area contributed by atoms with E-state index in [1.54, 1.807) is 18.1 Å². The third kappa shape index (κ3) is 2.73. The summed E-state index contributed by atoms with van der Waals surface area (Å²) in [5.41, 5.74) is 5.20. The molecule has 2 aromatic rings. The summed E-state index contributed by atoms with van der Waals surface area (Å²) in [4.78, 5) is 4.01. The van der Waals surface area contributed by atoms with E-state index in [2.05, 4.69) is 15.4 Å². The second-order valence-corrected chi connectivity index (χ2v) is 3.87. The first-order valence-electron chi connectivity index (χ1n) is 5.39. The number of nitrogens with one attached hydrogen (secondary N) is 1. The minimum atomic E-state index is -0.707. The van der Waals surface area contributed by atoms with Crippen molar-refractivity contribution in [3.8, 4) is 0 Å². The highest BCUT2D eigenvalue weighted by Crippen LogP contribution is 2.21. The molecule has 3 N–H and O–H groups in total. The number of hydrogen-bond donors (Lipinski definition) is 2. The van der Waals surface area contributed by atoms with E-state index in [-0.39, 0.29) is 11.4 Å². The monoisotopic (exact) mass is 253 g/mol. The van der Waals surface area contributed by atoms with Crippen LogP contribution in [0.5, 0.6) is 0 Å². The van der Waals surface area contributed by atoms with Gasteiger partial charge in [0.2, 0.25) is 0 Å². The van der Waals surface area contributed by atoms with Gasteiger partial charge in [-0.25, -0.2) is 13.8 Å². The van der Waals surface area contributed by atoms with Crippen molar-refractivity contribution in [2.75, 3.05) is 17.6 Å². The average Bonchev–Trinajstić information content (AvgIpc) is 2.68. The van der Waals surface area contributed by atoms with E-state index in [9.17, 15) is 8.78 Å². The van der Waals surface area contributed by atoms with E-state index in [4.69, 9.17) is 5.73 Å². The molecule has 0 bridgehead atoms. The van der Waals surface area contributed by atoms with Crippen molar-refractivity contribution in [3.63, 3.8) is 0 Å². The second-order valence-electron chi connectivity index (χ2n) is 3.87. The number of aromatic nitrogens is 3. The van der Waals surface area contributed by atoms with Gasteiger partial charge in [-0.15, -0.1) is 0 Å². The molecule has 0 spiro atoms. The first-order valence-corrected chi connectivity index (χ1v) is 5.39. The second kappa shape index (κ2) is 4.99. The van der Waals surface area contributed by atoms with Crippen molar-refractivity contribution in [1.29, 1.82) is 0 Å². The zero-order chi connectivity index (χ0) is 13.1. The number of hydrogen-bond acceptors (Lipinski definition) is 4. The van der Waals surface area contributed by atoms with Gasteiger partial charge >= 0.3 is 0 Å². The third-order valence-electron chi connectivity index (χ3n) is 2.36. The topological polar surface area (TPSA) is 68.8 Å². The molecular formula is C11H13F2N5. The zero-order valence-corrected chi connectivity index (χ0v) is 9.82. The lowest BCUT2D eigenvalue weighted by molar-refractivity contribution is 0.589. The molecule has 18 heavy (non-hydrogen) atoms. The minimum absolute atomic E-state index is 0.0574. The number of nitrogens with two attached hydrogens (primary N) is 1. The Balaban J connectivity index is 1.98. The molecule has 0 aliphatic heterocycles. The molecule has 0 radical (unpaired) electrons. The molecule has 0 fully saturated rings. The molecule has 1 aromatic heterocycles. The summed E-state index contributed by atoms with van der Waals surface area (Å²) in [5.74, 6) is -0.802. The van der Waals surface area contributed by atoms with Gasteiger partial charge < -0.3 is 11.1 Å². The van der Waals surface area contributed by atoms with Crippen LogP contribution in [-0.2, 0) is 13.5 Å². The highest BCUT2D eigenvalue weighted by molar-refractivity contribution is 5.54. The number of aryl methyl sites for hydroxylation is 1. The van der Waals surface area contributed by atoms with Gasteiger partial charge in [0.1, 0.15) is 12.0 Å². The van der Waals surface area contributed by atoms with Crippen LogP contribution >= 0.6 is 0 Å². The van der Waals surface area contributed by atoms with Crippen LogP contribution in [0.15, 0.2) is 18.5 Å². The fourth-order valence-electron chi connectivity index (χ4n) is 1.56. The van der Waals surface area contributed by atoms with Crippen molar-refractivity contribution in [1.82, 2.24) is 14.8 Å². The predicted octanol–water partition coefficient (Wildman–Crippen LogP) is 1.33. The molecule has 0 aliphatic carbocycles. The fraction of sp³-hybridized carbons (Fsp3) is 0.273. The summed E-state index contributed by atoms with van der Waals surface area (Å²) in [7, 11) is 1.75. The average molecular weight is 253 g/mol. The van der Waals surface area contributed by atoms with Gasteiger partial charge in [0.25, 0.3) is 0 Å². The van der Waals surface area contributed by atoms with E-state index >= 15 is 0 Å². The quantitative estimate of drug-likeness (QED) is 0.806. The van der Waals surface area contributed by atoms with Crippen molar-refractivity contribution >= 4 is 11.4 Å². The highest BCUT2D eigenvalue weighted by atomic mass is 19.1. The van der Waals surface area contributed by atoms with Crippen LogP contribution in [0.4, 0.5) is 20.2 Å². The maximum Gasteiger partial charge on any atom is 0.152 e. The largest absolute Gasteiger partial charge is 0.399 e. The van der Waals surface area contributed by atoms with Crippen molar-refractivity contribution in [2.45, 2.75) is 6.42 Å². The molecule has 5 nitrogen and oxygen atoms in total. The molecule has 0 unspecified atom stereocenters. The van der Waals surface area contributed by atoms with Gasteiger partial charge in [-0.3, -0.25) is 4.68 Å². The molecule has 0 saturated heterocycles. The predicted molar refractivity (Wildman–Crippen MR) is 64.0 cm³/mol. The van der Waals surface area contributed by atoms with Crippen LogP contribution in [0.2, 0.25) is 0 Å². The Labute approximate surface area is 103 Å². The molecule has 2 rings (SSSR count). The Morgan fingerprint density at radius 2 is 2.00 bits per heavy atom. The van der Waals surface area contributed by atoms with Gasteiger partial charge in [-0.2, -0.15) is 5.10 Å². The third-order valence-corrected chi connectivity index (χ3v) is 2.36. The lowest BCUT2D eigenvalue weighted by atomic mass is 10.2. The molecule has 0 aliphatic rings. The fourth-order valence-corrected chi connectivity index (χ4v) is 1.56. The van der Waals surface area contributed by atoms with E-state index < -0.39 is 11.6 Å². The van der Waals surface area contributed by atoms with E-state index in [0.29, 0.717) is 18.8 Å². The zero-order valence-electron chi connectivity index (χ0n) is 9.82. The van der Waals surface area contributed by atoms with Crippen LogP contribution in [0, 0.1) is 11.6 Å². The van der Waals surface area contributed by atoms with Gasteiger partial charge in [0, 0.05) is 25.7 Å². The Kier molecular flexibility index (Phi) is 3.40. The summed E-state index contributed by atoms with van der Waals surface area (Å²) >= 11 is 0. The molecule has 0 amide bonds. The smallest absolute Gasteiger partial charge is 0.152 e. The number of nitrogen functional groups attached to an aromatic ring is 1. The number of rotatable bonds is 4. The Hall–Kier alpha value is -2.18. The van der Waals surface area contributed by atoms with Crippen molar-refractivity contribution in [2.24, 2.45) is 7.05 Å². The molecule has 0 atom stereocenters. The molecule has 0 saturated carbocycles. The van der Waals surface area contributed by atoms with Gasteiger partial charge in [0.15, 0.2) is 17.5 Å². The lowest BCUT2D eigenvalue weighted by Gasteiger charge is -2.08. The lowest BCUT2D eigenvalue weighted by Crippen LogP contribution is -2.09. The normalized spacial score (nSPS) is 10.6. The molecular weight excluding hydrogens is 240 g/mol. The summed E-state index contributed by atoms with van der Waals surface area (Å²) in [5, 5.41) is 6.73. The summed E-state index contributed by atoms with van der Waals surface area (Å²) in [6.07, 6.45) is 2.05. The first-order chi connectivity index (χ1) is 8.56. The van der Waals surface area contributed by atoms with Crippen molar-refractivity contribution < 1.29 is 8.78 Å². The van der Waals surface area contributed by atoms with Crippen molar-refractivity contribution in [3.05, 3.63) is 35.9 Å². The molecule has 1 aromatic carbocycles. The Bertz CT molecular complexity index is 529.